The molecule has 6 nitrogen and oxygen atoms in total. The molecule has 1 saturated heterocycles. The van der Waals surface area contributed by atoms with Crippen LogP contribution in [0.3, 0.4) is 0 Å². The maximum Gasteiger partial charge on any atom is 0.283 e. The zero-order valence-electron chi connectivity index (χ0n) is 10.6. The summed E-state index contributed by atoms with van der Waals surface area (Å²) in [6.07, 6.45) is 1.71. The fourth-order valence-corrected chi connectivity index (χ4v) is 2.51. The van der Waals surface area contributed by atoms with Gasteiger partial charge < -0.3 is 10.6 Å². The van der Waals surface area contributed by atoms with E-state index in [0.29, 0.717) is 13.1 Å². The van der Waals surface area contributed by atoms with Crippen molar-refractivity contribution in [2.75, 3.05) is 13.1 Å². The Kier molecular flexibility index (Phi) is 5.74. The van der Waals surface area contributed by atoms with Gasteiger partial charge in [0.25, 0.3) is 11.6 Å². The minimum atomic E-state index is -0.591. The first-order valence-electron chi connectivity index (χ1n) is 5.99. The molecule has 0 radical (unpaired) electrons. The molecule has 0 spiro atoms. The van der Waals surface area contributed by atoms with E-state index in [1.54, 1.807) is 4.90 Å². The fourth-order valence-electron chi connectivity index (χ4n) is 2.34. The van der Waals surface area contributed by atoms with Crippen molar-refractivity contribution in [1.29, 1.82) is 0 Å². The van der Waals surface area contributed by atoms with Crippen molar-refractivity contribution in [3.63, 3.8) is 0 Å². The SMILES string of the molecule is Cl.NCC1CCCN1C(=O)c1ccc(Cl)cc1[N+](=O)[O-]. The van der Waals surface area contributed by atoms with Gasteiger partial charge >= 0.3 is 0 Å². The van der Waals surface area contributed by atoms with E-state index in [4.69, 9.17) is 17.3 Å². The Morgan fingerprint density at radius 3 is 2.85 bits per heavy atom. The summed E-state index contributed by atoms with van der Waals surface area (Å²) in [5, 5.41) is 11.2. The highest BCUT2D eigenvalue weighted by molar-refractivity contribution is 6.31. The van der Waals surface area contributed by atoms with Gasteiger partial charge in [-0.3, -0.25) is 14.9 Å². The number of benzene rings is 1. The maximum atomic E-state index is 12.4. The molecule has 0 bridgehead atoms. The summed E-state index contributed by atoms with van der Waals surface area (Å²) >= 11 is 5.73. The fraction of sp³-hybridized carbons (Fsp3) is 0.417. The average Bonchev–Trinajstić information content (AvgIpc) is 2.86. The molecule has 1 aliphatic rings. The number of hydrogen-bond donors (Lipinski definition) is 1. The summed E-state index contributed by atoms with van der Waals surface area (Å²) in [4.78, 5) is 24.4. The highest BCUT2D eigenvalue weighted by atomic mass is 35.5. The molecule has 2 rings (SSSR count). The van der Waals surface area contributed by atoms with E-state index in [-0.39, 0.29) is 40.6 Å². The average molecular weight is 320 g/mol. The minimum Gasteiger partial charge on any atom is -0.334 e. The number of nitrogens with zero attached hydrogens (tertiary/aromatic N) is 2. The lowest BCUT2D eigenvalue weighted by molar-refractivity contribution is -0.385. The van der Waals surface area contributed by atoms with Crippen molar-refractivity contribution in [2.24, 2.45) is 5.73 Å². The predicted molar refractivity (Wildman–Crippen MR) is 78.5 cm³/mol. The van der Waals surface area contributed by atoms with Crippen molar-refractivity contribution in [1.82, 2.24) is 4.90 Å². The predicted octanol–water partition coefficient (Wildman–Crippen LogP) is 2.23. The summed E-state index contributed by atoms with van der Waals surface area (Å²) in [7, 11) is 0. The van der Waals surface area contributed by atoms with Gasteiger partial charge in [0, 0.05) is 30.2 Å². The zero-order valence-corrected chi connectivity index (χ0v) is 12.2. The monoisotopic (exact) mass is 319 g/mol. The molecule has 1 aromatic carbocycles. The lowest BCUT2D eigenvalue weighted by atomic mass is 10.1. The van der Waals surface area contributed by atoms with Crippen LogP contribution < -0.4 is 5.73 Å². The summed E-state index contributed by atoms with van der Waals surface area (Å²) in [6.45, 7) is 0.952. The van der Waals surface area contributed by atoms with Crippen LogP contribution in [0.5, 0.6) is 0 Å². The number of rotatable bonds is 3. The van der Waals surface area contributed by atoms with Crippen LogP contribution in [0.15, 0.2) is 18.2 Å². The smallest absolute Gasteiger partial charge is 0.283 e. The Morgan fingerprint density at radius 1 is 1.55 bits per heavy atom. The molecule has 110 valence electrons. The van der Waals surface area contributed by atoms with Crippen molar-refractivity contribution in [3.8, 4) is 0 Å². The standard InChI is InChI=1S/C12H14ClN3O3.ClH/c13-8-3-4-10(11(6-8)16(18)19)12(17)15-5-1-2-9(15)7-14;/h3-4,6,9H,1-2,5,7,14H2;1H. The van der Waals surface area contributed by atoms with Gasteiger partial charge in [0.1, 0.15) is 5.56 Å². The molecule has 1 heterocycles. The first-order valence-corrected chi connectivity index (χ1v) is 6.37. The Bertz CT molecular complexity index is 525. The third-order valence-corrected chi connectivity index (χ3v) is 3.53. The van der Waals surface area contributed by atoms with E-state index in [0.717, 1.165) is 12.8 Å². The highest BCUT2D eigenvalue weighted by Crippen LogP contribution is 2.27. The second-order valence-electron chi connectivity index (χ2n) is 4.45. The van der Waals surface area contributed by atoms with Gasteiger partial charge in [-0.05, 0) is 25.0 Å². The lowest BCUT2D eigenvalue weighted by Gasteiger charge is -2.23. The Balaban J connectivity index is 0.00000200. The van der Waals surface area contributed by atoms with E-state index < -0.39 is 4.92 Å². The largest absolute Gasteiger partial charge is 0.334 e. The first kappa shape index (κ1) is 16.7. The summed E-state index contributed by atoms with van der Waals surface area (Å²) < 4.78 is 0. The Morgan fingerprint density at radius 2 is 2.25 bits per heavy atom. The molecule has 1 aliphatic heterocycles. The van der Waals surface area contributed by atoms with Crippen LogP contribution in [0.25, 0.3) is 0 Å². The van der Waals surface area contributed by atoms with E-state index in [2.05, 4.69) is 0 Å². The van der Waals surface area contributed by atoms with Gasteiger partial charge in [-0.1, -0.05) is 11.6 Å². The number of hydrogen-bond acceptors (Lipinski definition) is 4. The Labute approximate surface area is 127 Å². The van der Waals surface area contributed by atoms with Crippen molar-refractivity contribution >= 4 is 35.6 Å². The molecular formula is C12H15Cl2N3O3. The number of likely N-dealkylation sites (tertiary alicyclic amines) is 1. The molecule has 0 aromatic heterocycles. The number of amides is 1. The van der Waals surface area contributed by atoms with Crippen LogP contribution >= 0.6 is 24.0 Å². The topological polar surface area (TPSA) is 89.5 Å². The number of carbonyl (C=O) groups excluding carboxylic acids is 1. The molecule has 2 N–H and O–H groups in total. The van der Waals surface area contributed by atoms with Crippen molar-refractivity contribution in [2.45, 2.75) is 18.9 Å². The van der Waals surface area contributed by atoms with Crippen LogP contribution in [-0.2, 0) is 0 Å². The minimum absolute atomic E-state index is 0. The van der Waals surface area contributed by atoms with Gasteiger partial charge in [-0.15, -0.1) is 12.4 Å². The molecule has 8 heteroatoms. The van der Waals surface area contributed by atoms with Crippen molar-refractivity contribution < 1.29 is 9.72 Å². The van der Waals surface area contributed by atoms with E-state index in [1.807, 2.05) is 0 Å². The molecule has 1 amide bonds. The number of halogens is 2. The third-order valence-electron chi connectivity index (χ3n) is 3.30. The number of nitrogens with two attached hydrogens (primary N) is 1. The van der Waals surface area contributed by atoms with Gasteiger partial charge in [0.2, 0.25) is 0 Å². The molecule has 1 atom stereocenters. The molecule has 1 fully saturated rings. The van der Waals surface area contributed by atoms with Crippen LogP contribution in [0, 0.1) is 10.1 Å². The van der Waals surface area contributed by atoms with Gasteiger partial charge in [0.05, 0.1) is 4.92 Å². The molecule has 1 aromatic rings. The normalized spacial score (nSPS) is 17.7. The molecule has 1 unspecified atom stereocenters. The first-order chi connectivity index (χ1) is 9.04. The van der Waals surface area contributed by atoms with Gasteiger partial charge in [-0.2, -0.15) is 0 Å². The third kappa shape index (κ3) is 3.20. The highest BCUT2D eigenvalue weighted by Gasteiger charge is 2.32. The second-order valence-corrected chi connectivity index (χ2v) is 4.89. The number of carbonyl (C=O) groups is 1. The molecular weight excluding hydrogens is 305 g/mol. The summed E-state index contributed by atoms with van der Waals surface area (Å²) in [5.74, 6) is -0.351. The molecule has 0 aliphatic carbocycles. The van der Waals surface area contributed by atoms with Crippen LogP contribution in [0.4, 0.5) is 5.69 Å². The second kappa shape index (κ2) is 6.88. The van der Waals surface area contributed by atoms with Crippen LogP contribution in [0.2, 0.25) is 5.02 Å². The van der Waals surface area contributed by atoms with E-state index >= 15 is 0 Å². The zero-order chi connectivity index (χ0) is 14.0. The molecule has 20 heavy (non-hydrogen) atoms. The van der Waals surface area contributed by atoms with Gasteiger partial charge in [-0.25, -0.2) is 0 Å². The van der Waals surface area contributed by atoms with E-state index in [1.165, 1.54) is 18.2 Å². The van der Waals surface area contributed by atoms with E-state index in [9.17, 15) is 14.9 Å². The lowest BCUT2D eigenvalue weighted by Crippen LogP contribution is -2.40. The van der Waals surface area contributed by atoms with Crippen molar-refractivity contribution in [3.05, 3.63) is 38.9 Å². The maximum absolute atomic E-state index is 12.4. The Hall–Kier alpha value is -1.37. The van der Waals surface area contributed by atoms with Crippen LogP contribution in [-0.4, -0.2) is 34.9 Å². The summed E-state index contributed by atoms with van der Waals surface area (Å²) in [6, 6.07) is 4.04. The number of nitro benzene ring substituents is 1. The quantitative estimate of drug-likeness (QED) is 0.683. The molecule has 0 saturated carbocycles. The van der Waals surface area contributed by atoms with Crippen LogP contribution in [0.1, 0.15) is 23.2 Å². The summed E-state index contributed by atoms with van der Waals surface area (Å²) in [5.41, 5.74) is 5.41. The van der Waals surface area contributed by atoms with Gasteiger partial charge in [0.15, 0.2) is 0 Å². The number of nitro groups is 1.